The van der Waals surface area contributed by atoms with Crippen LogP contribution in [0, 0.1) is 5.82 Å². The van der Waals surface area contributed by atoms with Crippen molar-refractivity contribution in [2.24, 2.45) is 0 Å². The van der Waals surface area contributed by atoms with Crippen LogP contribution in [0.15, 0.2) is 73.2 Å². The summed E-state index contributed by atoms with van der Waals surface area (Å²) in [6.45, 7) is 0.622. The van der Waals surface area contributed by atoms with Crippen molar-refractivity contribution < 1.29 is 9.18 Å². The topological polar surface area (TPSA) is 68.8 Å². The van der Waals surface area contributed by atoms with Gasteiger partial charge in [0.2, 0.25) is 0 Å². The molecule has 4 aromatic rings. The smallest absolute Gasteiger partial charge is 0.276 e. The lowest BCUT2D eigenvalue weighted by molar-refractivity contribution is 0.0779. The predicted octanol–water partition coefficient (Wildman–Crippen LogP) is 2.92. The third kappa shape index (κ3) is 4.21. The number of nitrogens with zero attached hydrogens (tertiary/aromatic N) is 6. The summed E-state index contributed by atoms with van der Waals surface area (Å²) in [6, 6.07) is 16.1. The van der Waals surface area contributed by atoms with Gasteiger partial charge in [-0.1, -0.05) is 35.5 Å². The molecule has 4 rings (SSSR count). The van der Waals surface area contributed by atoms with Gasteiger partial charge in [-0.2, -0.15) is 5.10 Å². The number of aromatic nitrogens is 5. The largest absolute Gasteiger partial charge is 0.336 e. The monoisotopic (exact) mass is 390 g/mol. The molecule has 0 aliphatic carbocycles. The maximum Gasteiger partial charge on any atom is 0.276 e. The van der Waals surface area contributed by atoms with Crippen LogP contribution >= 0.6 is 0 Å². The Bertz CT molecular complexity index is 1120. The molecule has 0 spiro atoms. The van der Waals surface area contributed by atoms with Gasteiger partial charge in [0.1, 0.15) is 5.82 Å². The number of hydrogen-bond donors (Lipinski definition) is 0. The molecule has 0 saturated heterocycles. The fourth-order valence-corrected chi connectivity index (χ4v) is 3.03. The van der Waals surface area contributed by atoms with Crippen molar-refractivity contribution in [3.05, 3.63) is 95.8 Å². The molecule has 2 aromatic heterocycles. The van der Waals surface area contributed by atoms with Gasteiger partial charge in [-0.05, 0) is 29.8 Å². The van der Waals surface area contributed by atoms with Crippen LogP contribution in [0.2, 0.25) is 0 Å². The van der Waals surface area contributed by atoms with Crippen LogP contribution in [0.25, 0.3) is 5.69 Å². The standard InChI is InChI=1S/C21H19FN6O/c1-26(13-16-6-4-8-18(12-16)28-11-5-10-23-28)21(29)20-15-27(25-24-20)14-17-7-2-3-9-19(17)22/h2-12,15H,13-14H2,1H3. The molecule has 0 radical (unpaired) electrons. The summed E-state index contributed by atoms with van der Waals surface area (Å²) in [7, 11) is 1.71. The van der Waals surface area contributed by atoms with Crippen LogP contribution in [0.3, 0.4) is 0 Å². The van der Waals surface area contributed by atoms with Crippen LogP contribution in [0.4, 0.5) is 4.39 Å². The average Bonchev–Trinajstić information content (AvgIpc) is 3.42. The second kappa shape index (κ2) is 8.05. The van der Waals surface area contributed by atoms with Gasteiger partial charge in [-0.3, -0.25) is 4.79 Å². The van der Waals surface area contributed by atoms with Crippen molar-refractivity contribution in [2.45, 2.75) is 13.1 Å². The van der Waals surface area contributed by atoms with Gasteiger partial charge in [0.15, 0.2) is 5.69 Å². The van der Waals surface area contributed by atoms with Gasteiger partial charge >= 0.3 is 0 Å². The molecule has 29 heavy (non-hydrogen) atoms. The maximum atomic E-state index is 13.8. The van der Waals surface area contributed by atoms with E-state index in [0.717, 1.165) is 11.3 Å². The lowest BCUT2D eigenvalue weighted by atomic mass is 10.2. The van der Waals surface area contributed by atoms with Gasteiger partial charge in [0.25, 0.3) is 5.91 Å². The Morgan fingerprint density at radius 2 is 2.00 bits per heavy atom. The fraction of sp³-hybridized carbons (Fsp3) is 0.143. The van der Waals surface area contributed by atoms with Gasteiger partial charge in [0, 0.05) is 31.5 Å². The molecule has 0 unspecified atom stereocenters. The molecule has 7 nitrogen and oxygen atoms in total. The number of carbonyl (C=O) groups excluding carboxylic acids is 1. The summed E-state index contributed by atoms with van der Waals surface area (Å²) in [5.41, 5.74) is 2.59. The van der Waals surface area contributed by atoms with E-state index < -0.39 is 0 Å². The fourth-order valence-electron chi connectivity index (χ4n) is 3.03. The molecule has 0 aliphatic rings. The van der Waals surface area contributed by atoms with Crippen LogP contribution in [-0.2, 0) is 13.1 Å². The van der Waals surface area contributed by atoms with Crippen LogP contribution in [-0.4, -0.2) is 42.6 Å². The van der Waals surface area contributed by atoms with Crippen LogP contribution in [0.1, 0.15) is 21.6 Å². The SMILES string of the molecule is CN(Cc1cccc(-n2cccn2)c1)C(=O)c1cn(Cc2ccccc2F)nn1. The summed E-state index contributed by atoms with van der Waals surface area (Å²) in [5, 5.41) is 12.1. The van der Waals surface area contributed by atoms with Crippen molar-refractivity contribution >= 4 is 5.91 Å². The number of benzene rings is 2. The predicted molar refractivity (Wildman–Crippen MR) is 105 cm³/mol. The maximum absolute atomic E-state index is 13.8. The summed E-state index contributed by atoms with van der Waals surface area (Å²) < 4.78 is 17.0. The highest BCUT2D eigenvalue weighted by molar-refractivity contribution is 5.91. The molecule has 0 aliphatic heterocycles. The Balaban J connectivity index is 1.44. The minimum Gasteiger partial charge on any atom is -0.336 e. The number of rotatable bonds is 6. The molecule has 1 amide bonds. The van der Waals surface area contributed by atoms with Crippen molar-refractivity contribution in [1.29, 1.82) is 0 Å². The molecule has 146 valence electrons. The molecule has 0 saturated carbocycles. The van der Waals surface area contributed by atoms with Gasteiger partial charge in [-0.25, -0.2) is 13.8 Å². The Labute approximate surface area is 167 Å². The highest BCUT2D eigenvalue weighted by Crippen LogP contribution is 2.13. The van der Waals surface area contributed by atoms with E-state index in [0.29, 0.717) is 12.1 Å². The number of carbonyl (C=O) groups is 1. The zero-order valence-electron chi connectivity index (χ0n) is 15.8. The van der Waals surface area contributed by atoms with E-state index in [1.54, 1.807) is 41.0 Å². The normalized spacial score (nSPS) is 10.8. The molecule has 0 N–H and O–H groups in total. The first-order valence-electron chi connectivity index (χ1n) is 9.08. The zero-order chi connectivity index (χ0) is 20.2. The molecule has 8 heteroatoms. The van der Waals surface area contributed by atoms with E-state index in [2.05, 4.69) is 15.4 Å². The van der Waals surface area contributed by atoms with E-state index in [-0.39, 0.29) is 24.0 Å². The Morgan fingerprint density at radius 1 is 1.14 bits per heavy atom. The molecular weight excluding hydrogens is 371 g/mol. The minimum absolute atomic E-state index is 0.211. The Kier molecular flexibility index (Phi) is 5.15. The quantitative estimate of drug-likeness (QED) is 0.508. The first-order valence-corrected chi connectivity index (χ1v) is 9.08. The van der Waals surface area contributed by atoms with Gasteiger partial charge in [0.05, 0.1) is 18.4 Å². The number of amides is 1. The molecule has 2 heterocycles. The van der Waals surface area contributed by atoms with E-state index in [1.807, 2.05) is 36.5 Å². The molecule has 0 bridgehead atoms. The summed E-state index contributed by atoms with van der Waals surface area (Å²) in [4.78, 5) is 14.3. The van der Waals surface area contributed by atoms with E-state index in [1.165, 1.54) is 16.9 Å². The Hall–Kier alpha value is -3.81. The molecular formula is C21H19FN6O. The number of hydrogen-bond acceptors (Lipinski definition) is 4. The minimum atomic E-state index is -0.315. The molecule has 0 fully saturated rings. The lowest BCUT2D eigenvalue weighted by Crippen LogP contribution is -2.26. The Morgan fingerprint density at radius 3 is 2.79 bits per heavy atom. The van der Waals surface area contributed by atoms with E-state index in [9.17, 15) is 9.18 Å². The van der Waals surface area contributed by atoms with Crippen molar-refractivity contribution in [1.82, 2.24) is 29.7 Å². The third-order valence-corrected chi connectivity index (χ3v) is 4.49. The summed E-state index contributed by atoms with van der Waals surface area (Å²) >= 11 is 0. The average molecular weight is 390 g/mol. The third-order valence-electron chi connectivity index (χ3n) is 4.49. The van der Waals surface area contributed by atoms with Gasteiger partial charge < -0.3 is 4.90 Å². The molecule has 2 aromatic carbocycles. The van der Waals surface area contributed by atoms with E-state index in [4.69, 9.17) is 0 Å². The van der Waals surface area contributed by atoms with Crippen LogP contribution < -0.4 is 0 Å². The second-order valence-corrected chi connectivity index (χ2v) is 6.67. The highest BCUT2D eigenvalue weighted by atomic mass is 19.1. The number of halogens is 1. The van der Waals surface area contributed by atoms with Crippen LogP contribution in [0.5, 0.6) is 0 Å². The summed E-state index contributed by atoms with van der Waals surface area (Å²) in [6.07, 6.45) is 5.11. The van der Waals surface area contributed by atoms with Gasteiger partial charge in [-0.15, -0.1) is 5.10 Å². The second-order valence-electron chi connectivity index (χ2n) is 6.67. The van der Waals surface area contributed by atoms with Crippen molar-refractivity contribution in [3.63, 3.8) is 0 Å². The van der Waals surface area contributed by atoms with Crippen molar-refractivity contribution in [2.75, 3.05) is 7.05 Å². The lowest BCUT2D eigenvalue weighted by Gasteiger charge is -2.16. The molecule has 0 atom stereocenters. The summed E-state index contributed by atoms with van der Waals surface area (Å²) in [5.74, 6) is -0.570. The first-order chi connectivity index (χ1) is 14.1. The van der Waals surface area contributed by atoms with E-state index >= 15 is 0 Å². The van der Waals surface area contributed by atoms with Crippen molar-refractivity contribution in [3.8, 4) is 5.69 Å². The zero-order valence-corrected chi connectivity index (χ0v) is 15.8. The first kappa shape index (κ1) is 18.5. The highest BCUT2D eigenvalue weighted by Gasteiger charge is 2.17.